The Balaban J connectivity index is 1.55. The van der Waals surface area contributed by atoms with Gasteiger partial charge in [0, 0.05) is 12.1 Å². The summed E-state index contributed by atoms with van der Waals surface area (Å²) in [7, 11) is 0. The second kappa shape index (κ2) is 12.4. The van der Waals surface area contributed by atoms with Gasteiger partial charge in [-0.2, -0.15) is 0 Å². The summed E-state index contributed by atoms with van der Waals surface area (Å²) in [5, 5.41) is 10.9. The highest BCUT2D eigenvalue weighted by molar-refractivity contribution is 9.10. The molecule has 1 aliphatic rings. The van der Waals surface area contributed by atoms with Gasteiger partial charge in [-0.05, 0) is 95.5 Å². The standard InChI is InChI=1S/C27H23BrN2O6S2/c1-3-34-21-11-9-19(10-12-21)29-26(31)24(38-27(29)37)15-18-13-22(28)25(23(14-18)35-4-2)36-16-17-5-7-20(8-6-17)30(32)33/h5-15H,3-4,16H2,1-2H3/b24-15-. The van der Waals surface area contributed by atoms with E-state index in [1.165, 1.54) is 28.8 Å². The minimum absolute atomic E-state index is 0.0160. The number of benzene rings is 3. The van der Waals surface area contributed by atoms with Gasteiger partial charge in [-0.3, -0.25) is 19.8 Å². The van der Waals surface area contributed by atoms with Gasteiger partial charge in [0.25, 0.3) is 11.6 Å². The van der Waals surface area contributed by atoms with Crippen LogP contribution in [0.5, 0.6) is 17.2 Å². The molecular formula is C27H23BrN2O6S2. The van der Waals surface area contributed by atoms with E-state index in [2.05, 4.69) is 15.9 Å². The lowest BCUT2D eigenvalue weighted by atomic mass is 10.1. The van der Waals surface area contributed by atoms with Crippen molar-refractivity contribution in [2.45, 2.75) is 20.5 Å². The number of thioether (sulfide) groups is 1. The SMILES string of the molecule is CCOc1ccc(N2C(=O)/C(=C/c3cc(Br)c(OCc4ccc([N+](=O)[O-])cc4)c(OCC)c3)SC2=S)cc1. The van der Waals surface area contributed by atoms with Gasteiger partial charge in [-0.1, -0.05) is 24.0 Å². The molecule has 0 unspecified atom stereocenters. The number of thiocarbonyl (C=S) groups is 1. The number of hydrogen-bond acceptors (Lipinski definition) is 8. The molecule has 1 heterocycles. The van der Waals surface area contributed by atoms with Crippen LogP contribution in [0.1, 0.15) is 25.0 Å². The third-order valence-corrected chi connectivity index (χ3v) is 7.25. The van der Waals surface area contributed by atoms with Crippen molar-refractivity contribution in [2.24, 2.45) is 0 Å². The van der Waals surface area contributed by atoms with E-state index in [1.807, 2.05) is 32.0 Å². The van der Waals surface area contributed by atoms with Gasteiger partial charge in [0.2, 0.25) is 0 Å². The molecule has 0 aliphatic carbocycles. The van der Waals surface area contributed by atoms with Crippen molar-refractivity contribution in [1.29, 1.82) is 0 Å². The summed E-state index contributed by atoms with van der Waals surface area (Å²) < 4.78 is 18.4. The van der Waals surface area contributed by atoms with Crippen LogP contribution in [-0.2, 0) is 11.4 Å². The minimum atomic E-state index is -0.445. The van der Waals surface area contributed by atoms with E-state index in [4.69, 9.17) is 26.4 Å². The Kier molecular flexibility index (Phi) is 9.03. The van der Waals surface area contributed by atoms with Crippen molar-refractivity contribution >= 4 is 67.6 Å². The van der Waals surface area contributed by atoms with Gasteiger partial charge in [0.05, 0.1) is 33.2 Å². The topological polar surface area (TPSA) is 91.1 Å². The first-order chi connectivity index (χ1) is 18.3. The van der Waals surface area contributed by atoms with Crippen molar-refractivity contribution in [3.63, 3.8) is 0 Å². The van der Waals surface area contributed by atoms with E-state index < -0.39 is 4.92 Å². The first-order valence-corrected chi connectivity index (χ1v) is 13.7. The van der Waals surface area contributed by atoms with E-state index in [-0.39, 0.29) is 18.2 Å². The summed E-state index contributed by atoms with van der Waals surface area (Å²) in [6.07, 6.45) is 1.77. The van der Waals surface area contributed by atoms with Crippen LogP contribution in [0.4, 0.5) is 11.4 Å². The maximum absolute atomic E-state index is 13.2. The van der Waals surface area contributed by atoms with Crippen LogP contribution in [0.3, 0.4) is 0 Å². The number of rotatable bonds is 10. The van der Waals surface area contributed by atoms with Crippen molar-refractivity contribution in [2.75, 3.05) is 18.1 Å². The number of carbonyl (C=O) groups is 1. The summed E-state index contributed by atoms with van der Waals surface area (Å²) in [5.74, 6) is 1.50. The molecule has 0 saturated carbocycles. The molecule has 11 heteroatoms. The number of anilines is 1. The summed E-state index contributed by atoms with van der Waals surface area (Å²) >= 11 is 10.3. The van der Waals surface area contributed by atoms with Crippen LogP contribution >= 0.6 is 39.9 Å². The molecule has 196 valence electrons. The third kappa shape index (κ3) is 6.35. The molecule has 0 aromatic heterocycles. The molecule has 1 aliphatic heterocycles. The molecule has 3 aromatic carbocycles. The van der Waals surface area contributed by atoms with E-state index in [0.29, 0.717) is 44.1 Å². The molecule has 8 nitrogen and oxygen atoms in total. The summed E-state index contributed by atoms with van der Waals surface area (Å²) in [4.78, 5) is 25.6. The fourth-order valence-corrected chi connectivity index (χ4v) is 5.52. The van der Waals surface area contributed by atoms with E-state index >= 15 is 0 Å². The molecule has 0 N–H and O–H groups in total. The highest BCUT2D eigenvalue weighted by Gasteiger charge is 2.33. The molecule has 0 atom stereocenters. The lowest BCUT2D eigenvalue weighted by molar-refractivity contribution is -0.384. The highest BCUT2D eigenvalue weighted by Crippen LogP contribution is 2.41. The normalized spacial score (nSPS) is 14.2. The second-order valence-electron chi connectivity index (χ2n) is 7.92. The van der Waals surface area contributed by atoms with Gasteiger partial charge in [0.1, 0.15) is 12.4 Å². The first kappa shape index (κ1) is 27.6. The number of amides is 1. The molecule has 0 radical (unpaired) electrons. The third-order valence-electron chi connectivity index (χ3n) is 5.36. The van der Waals surface area contributed by atoms with E-state index in [0.717, 1.165) is 16.9 Å². The predicted octanol–water partition coefficient (Wildman–Crippen LogP) is 7.14. The van der Waals surface area contributed by atoms with Crippen LogP contribution < -0.4 is 19.1 Å². The van der Waals surface area contributed by atoms with E-state index in [1.54, 1.807) is 36.4 Å². The number of nitro groups is 1. The van der Waals surface area contributed by atoms with Crippen molar-refractivity contribution < 1.29 is 23.9 Å². The maximum atomic E-state index is 13.2. The largest absolute Gasteiger partial charge is 0.494 e. The van der Waals surface area contributed by atoms with Crippen LogP contribution in [0.2, 0.25) is 0 Å². The Hall–Kier alpha value is -3.41. The Morgan fingerprint density at radius 1 is 1.03 bits per heavy atom. The van der Waals surface area contributed by atoms with Crippen molar-refractivity contribution in [3.8, 4) is 17.2 Å². The monoisotopic (exact) mass is 614 g/mol. The number of carbonyl (C=O) groups excluding carboxylic acids is 1. The molecule has 1 amide bonds. The summed E-state index contributed by atoms with van der Waals surface area (Å²) in [5.41, 5.74) is 2.19. The lowest BCUT2D eigenvalue weighted by Crippen LogP contribution is -2.27. The Morgan fingerprint density at radius 2 is 1.71 bits per heavy atom. The summed E-state index contributed by atoms with van der Waals surface area (Å²) in [6, 6.07) is 17.0. The fraction of sp³-hybridized carbons (Fsp3) is 0.185. The number of nitrogens with zero attached hydrogens (tertiary/aromatic N) is 2. The predicted molar refractivity (Wildman–Crippen MR) is 156 cm³/mol. The molecule has 0 spiro atoms. The Labute approximate surface area is 237 Å². The molecular weight excluding hydrogens is 592 g/mol. The smallest absolute Gasteiger partial charge is 0.270 e. The van der Waals surface area contributed by atoms with Crippen molar-refractivity contribution in [1.82, 2.24) is 0 Å². The quantitative estimate of drug-likeness (QED) is 0.103. The zero-order chi connectivity index (χ0) is 27.2. The zero-order valence-electron chi connectivity index (χ0n) is 20.5. The minimum Gasteiger partial charge on any atom is -0.494 e. The van der Waals surface area contributed by atoms with Gasteiger partial charge in [0.15, 0.2) is 15.8 Å². The molecule has 4 rings (SSSR count). The average Bonchev–Trinajstić information content (AvgIpc) is 3.17. The van der Waals surface area contributed by atoms with Gasteiger partial charge < -0.3 is 14.2 Å². The Bertz CT molecular complexity index is 1390. The molecule has 1 fully saturated rings. The number of hydrogen-bond donors (Lipinski definition) is 0. The van der Waals surface area contributed by atoms with Crippen molar-refractivity contribution in [3.05, 3.63) is 91.3 Å². The van der Waals surface area contributed by atoms with Crippen LogP contribution in [-0.4, -0.2) is 28.4 Å². The molecule has 3 aromatic rings. The average molecular weight is 616 g/mol. The van der Waals surface area contributed by atoms with E-state index in [9.17, 15) is 14.9 Å². The zero-order valence-corrected chi connectivity index (χ0v) is 23.7. The van der Waals surface area contributed by atoms with Crippen LogP contribution in [0.15, 0.2) is 70.0 Å². The second-order valence-corrected chi connectivity index (χ2v) is 10.4. The van der Waals surface area contributed by atoms with Gasteiger partial charge in [-0.15, -0.1) is 0 Å². The highest BCUT2D eigenvalue weighted by atomic mass is 79.9. The number of nitro benzene ring substituents is 1. The maximum Gasteiger partial charge on any atom is 0.270 e. The van der Waals surface area contributed by atoms with Gasteiger partial charge >= 0.3 is 0 Å². The molecule has 0 bridgehead atoms. The molecule has 38 heavy (non-hydrogen) atoms. The van der Waals surface area contributed by atoms with Gasteiger partial charge in [-0.25, -0.2) is 0 Å². The van der Waals surface area contributed by atoms with Crippen LogP contribution in [0, 0.1) is 10.1 Å². The number of ether oxygens (including phenoxy) is 3. The number of non-ortho nitro benzene ring substituents is 1. The Morgan fingerprint density at radius 3 is 2.34 bits per heavy atom. The molecule has 1 saturated heterocycles. The summed E-state index contributed by atoms with van der Waals surface area (Å²) in [6.45, 7) is 4.93. The first-order valence-electron chi connectivity index (χ1n) is 11.6. The van der Waals surface area contributed by atoms with Crippen LogP contribution in [0.25, 0.3) is 6.08 Å². The lowest BCUT2D eigenvalue weighted by Gasteiger charge is -2.15. The fourth-order valence-electron chi connectivity index (χ4n) is 3.64. The number of halogens is 1.